The van der Waals surface area contributed by atoms with Gasteiger partial charge in [-0.05, 0) is 30.2 Å². The maximum atomic E-state index is 13.1. The molecule has 1 atom stereocenters. The number of carbonyl (C=O) groups excluding carboxylic acids is 2. The SMILES string of the molecule is CCCN(C(=O)c1cccc2ccccc12)C(CO)C(=O)OCC. The summed E-state index contributed by atoms with van der Waals surface area (Å²) in [6.07, 6.45) is 0.673. The van der Waals surface area contributed by atoms with Crippen LogP contribution in [-0.4, -0.2) is 47.7 Å². The maximum absolute atomic E-state index is 13.1. The minimum Gasteiger partial charge on any atom is -0.464 e. The highest BCUT2D eigenvalue weighted by Gasteiger charge is 2.31. The molecule has 0 radical (unpaired) electrons. The summed E-state index contributed by atoms with van der Waals surface area (Å²) in [4.78, 5) is 26.6. The lowest BCUT2D eigenvalue weighted by Gasteiger charge is -2.29. The third-order valence-electron chi connectivity index (χ3n) is 3.85. The molecule has 5 nitrogen and oxygen atoms in total. The minimum atomic E-state index is -0.989. The van der Waals surface area contributed by atoms with Crippen LogP contribution in [0.2, 0.25) is 0 Å². The Balaban J connectivity index is 2.42. The van der Waals surface area contributed by atoms with Crippen molar-refractivity contribution in [2.45, 2.75) is 26.3 Å². The van der Waals surface area contributed by atoms with Gasteiger partial charge in [0, 0.05) is 12.1 Å². The van der Waals surface area contributed by atoms with Crippen molar-refractivity contribution in [3.05, 3.63) is 48.0 Å². The number of benzene rings is 2. The zero-order valence-corrected chi connectivity index (χ0v) is 14.1. The van der Waals surface area contributed by atoms with Crippen LogP contribution in [0, 0.1) is 0 Å². The molecule has 24 heavy (non-hydrogen) atoms. The van der Waals surface area contributed by atoms with Crippen LogP contribution in [0.5, 0.6) is 0 Å². The smallest absolute Gasteiger partial charge is 0.331 e. The highest BCUT2D eigenvalue weighted by atomic mass is 16.5. The van der Waals surface area contributed by atoms with Crippen LogP contribution in [0.15, 0.2) is 42.5 Å². The van der Waals surface area contributed by atoms with Gasteiger partial charge in [-0.25, -0.2) is 4.79 Å². The Morgan fingerprint density at radius 1 is 1.12 bits per heavy atom. The largest absolute Gasteiger partial charge is 0.464 e. The standard InChI is InChI=1S/C19H23NO4/c1-3-12-20(17(13-21)19(23)24-4-2)18(22)16-11-7-9-14-8-5-6-10-15(14)16/h5-11,17,21H,3-4,12-13H2,1-2H3. The molecule has 1 amide bonds. The number of aliphatic hydroxyl groups is 1. The van der Waals surface area contributed by atoms with Crippen LogP contribution >= 0.6 is 0 Å². The minimum absolute atomic E-state index is 0.206. The van der Waals surface area contributed by atoms with Crippen molar-refractivity contribution in [1.82, 2.24) is 4.90 Å². The van der Waals surface area contributed by atoms with E-state index in [9.17, 15) is 14.7 Å². The zero-order chi connectivity index (χ0) is 17.5. The van der Waals surface area contributed by atoms with E-state index in [1.54, 1.807) is 13.0 Å². The van der Waals surface area contributed by atoms with Gasteiger partial charge in [0.1, 0.15) is 0 Å². The number of rotatable bonds is 7. The van der Waals surface area contributed by atoms with Gasteiger partial charge in [-0.1, -0.05) is 43.3 Å². The lowest BCUT2D eigenvalue weighted by molar-refractivity contribution is -0.150. The Morgan fingerprint density at radius 2 is 1.83 bits per heavy atom. The molecule has 2 aromatic rings. The summed E-state index contributed by atoms with van der Waals surface area (Å²) in [7, 11) is 0. The van der Waals surface area contributed by atoms with E-state index in [1.807, 2.05) is 43.3 Å². The van der Waals surface area contributed by atoms with Crippen LogP contribution in [-0.2, 0) is 9.53 Å². The molecule has 0 aromatic heterocycles. The van der Waals surface area contributed by atoms with Crippen molar-refractivity contribution in [3.63, 3.8) is 0 Å². The first kappa shape index (κ1) is 17.9. The van der Waals surface area contributed by atoms with Crippen LogP contribution in [0.4, 0.5) is 0 Å². The summed E-state index contributed by atoms with van der Waals surface area (Å²) in [6, 6.07) is 12.1. The number of esters is 1. The molecule has 0 bridgehead atoms. The quantitative estimate of drug-likeness (QED) is 0.793. The molecule has 0 spiro atoms. The van der Waals surface area contributed by atoms with Crippen molar-refractivity contribution in [2.24, 2.45) is 0 Å². The fraction of sp³-hybridized carbons (Fsp3) is 0.368. The summed E-state index contributed by atoms with van der Waals surface area (Å²) < 4.78 is 5.00. The van der Waals surface area contributed by atoms with Crippen molar-refractivity contribution < 1.29 is 19.4 Å². The molecule has 1 N–H and O–H groups in total. The Hall–Kier alpha value is -2.40. The number of aliphatic hydroxyl groups excluding tert-OH is 1. The molecule has 0 fully saturated rings. The number of amides is 1. The van der Waals surface area contributed by atoms with Gasteiger partial charge in [-0.3, -0.25) is 4.79 Å². The van der Waals surface area contributed by atoms with Crippen LogP contribution in [0.1, 0.15) is 30.6 Å². The van der Waals surface area contributed by atoms with Crippen LogP contribution in [0.25, 0.3) is 10.8 Å². The van der Waals surface area contributed by atoms with Gasteiger partial charge in [0.05, 0.1) is 13.2 Å². The van der Waals surface area contributed by atoms with Gasteiger partial charge in [0.25, 0.3) is 5.91 Å². The lowest BCUT2D eigenvalue weighted by Crippen LogP contribution is -2.48. The molecule has 1 unspecified atom stereocenters. The number of nitrogens with zero attached hydrogens (tertiary/aromatic N) is 1. The molecule has 5 heteroatoms. The van der Waals surface area contributed by atoms with Crippen molar-refractivity contribution in [3.8, 4) is 0 Å². The van der Waals surface area contributed by atoms with Crippen LogP contribution < -0.4 is 0 Å². The second kappa shape index (κ2) is 8.45. The van der Waals surface area contributed by atoms with Gasteiger partial charge < -0.3 is 14.7 Å². The topological polar surface area (TPSA) is 66.8 Å². The highest BCUT2D eigenvalue weighted by molar-refractivity contribution is 6.08. The predicted molar refractivity (Wildman–Crippen MR) is 92.8 cm³/mol. The number of carbonyl (C=O) groups is 2. The predicted octanol–water partition coefficient (Wildman–Crippen LogP) is 2.62. The average molecular weight is 329 g/mol. The first-order valence-corrected chi connectivity index (χ1v) is 8.20. The monoisotopic (exact) mass is 329 g/mol. The first-order chi connectivity index (χ1) is 11.6. The van der Waals surface area contributed by atoms with E-state index in [0.717, 1.165) is 10.8 Å². The molecule has 0 aliphatic carbocycles. The fourth-order valence-corrected chi connectivity index (χ4v) is 2.75. The van der Waals surface area contributed by atoms with Crippen molar-refractivity contribution in [2.75, 3.05) is 19.8 Å². The molecule has 0 saturated carbocycles. The molecular weight excluding hydrogens is 306 g/mol. The normalized spacial score (nSPS) is 12.0. The van der Waals surface area contributed by atoms with E-state index in [0.29, 0.717) is 18.5 Å². The fourth-order valence-electron chi connectivity index (χ4n) is 2.75. The number of fused-ring (bicyclic) bond motifs is 1. The summed E-state index contributed by atoms with van der Waals surface area (Å²) >= 11 is 0. The second-order valence-electron chi connectivity index (χ2n) is 5.48. The molecular formula is C19H23NO4. The average Bonchev–Trinajstić information content (AvgIpc) is 2.61. The van der Waals surface area contributed by atoms with E-state index in [1.165, 1.54) is 4.90 Å². The van der Waals surface area contributed by atoms with E-state index in [-0.39, 0.29) is 12.5 Å². The third kappa shape index (κ3) is 3.74. The van der Waals surface area contributed by atoms with E-state index in [4.69, 9.17) is 4.74 Å². The molecule has 0 aliphatic heterocycles. The highest BCUT2D eigenvalue weighted by Crippen LogP contribution is 2.21. The van der Waals surface area contributed by atoms with Crippen molar-refractivity contribution in [1.29, 1.82) is 0 Å². The third-order valence-corrected chi connectivity index (χ3v) is 3.85. The van der Waals surface area contributed by atoms with Crippen molar-refractivity contribution >= 4 is 22.6 Å². The molecule has 0 saturated heterocycles. The van der Waals surface area contributed by atoms with E-state index < -0.39 is 18.6 Å². The molecule has 0 aliphatic rings. The Kier molecular flexibility index (Phi) is 6.32. The number of hydrogen-bond donors (Lipinski definition) is 1. The molecule has 128 valence electrons. The Labute approximate surface area is 141 Å². The second-order valence-corrected chi connectivity index (χ2v) is 5.48. The Bertz CT molecular complexity index is 708. The summed E-state index contributed by atoms with van der Waals surface area (Å²) in [6.45, 7) is 3.73. The Morgan fingerprint density at radius 3 is 2.50 bits per heavy atom. The van der Waals surface area contributed by atoms with Crippen LogP contribution in [0.3, 0.4) is 0 Å². The summed E-state index contributed by atoms with van der Waals surface area (Å²) in [5.74, 6) is -0.859. The van der Waals surface area contributed by atoms with Gasteiger partial charge in [0.15, 0.2) is 6.04 Å². The maximum Gasteiger partial charge on any atom is 0.331 e. The lowest BCUT2D eigenvalue weighted by atomic mass is 10.0. The zero-order valence-electron chi connectivity index (χ0n) is 14.1. The first-order valence-electron chi connectivity index (χ1n) is 8.20. The van der Waals surface area contributed by atoms with Gasteiger partial charge in [-0.15, -0.1) is 0 Å². The van der Waals surface area contributed by atoms with E-state index >= 15 is 0 Å². The van der Waals surface area contributed by atoms with Gasteiger partial charge >= 0.3 is 5.97 Å². The van der Waals surface area contributed by atoms with Gasteiger partial charge in [0.2, 0.25) is 0 Å². The molecule has 0 heterocycles. The van der Waals surface area contributed by atoms with E-state index in [2.05, 4.69) is 0 Å². The summed E-state index contributed by atoms with van der Waals surface area (Å²) in [5, 5.41) is 11.4. The number of hydrogen-bond acceptors (Lipinski definition) is 4. The summed E-state index contributed by atoms with van der Waals surface area (Å²) in [5.41, 5.74) is 0.518. The van der Waals surface area contributed by atoms with Gasteiger partial charge in [-0.2, -0.15) is 0 Å². The molecule has 2 rings (SSSR count). The molecule has 2 aromatic carbocycles. The number of ether oxygens (including phenoxy) is 1.